The Balaban J connectivity index is 1.78. The second kappa shape index (κ2) is 14.3. The van der Waals surface area contributed by atoms with Crippen LogP contribution in [0, 0.1) is 17.3 Å². The minimum absolute atomic E-state index is 0.105. The average molecular weight is 628 g/mol. The number of amides is 4. The molecule has 10 nitrogen and oxygen atoms in total. The maximum Gasteiger partial charge on any atom is 0.408 e. The normalized spacial score (nSPS) is 24.4. The highest BCUT2D eigenvalue weighted by Gasteiger charge is 2.74. The molecule has 0 bridgehead atoms. The molecule has 3 rings (SSSR count). The van der Waals surface area contributed by atoms with Crippen molar-refractivity contribution in [3.05, 3.63) is 25.3 Å². The Bertz CT molecular complexity index is 1070. The smallest absolute Gasteiger partial charge is 0.408 e. The molecule has 1 heterocycles. The van der Waals surface area contributed by atoms with Crippen molar-refractivity contribution < 1.29 is 28.7 Å². The molecule has 12 heteroatoms. The summed E-state index contributed by atoms with van der Waals surface area (Å²) in [6.45, 7) is 13.0. The fourth-order valence-corrected chi connectivity index (χ4v) is 6.60. The average Bonchev–Trinajstić information content (AvgIpc) is 3.24. The number of nitrogens with one attached hydrogen (secondary N) is 3. The van der Waals surface area contributed by atoms with E-state index in [0.29, 0.717) is 12.8 Å². The van der Waals surface area contributed by atoms with Crippen molar-refractivity contribution in [3.63, 3.8) is 0 Å². The largest absolute Gasteiger partial charge is 0.446 e. The molecule has 1 aliphatic heterocycles. The third-order valence-corrected chi connectivity index (χ3v) is 9.30. The zero-order valence-corrected chi connectivity index (χ0v) is 26.3. The lowest BCUT2D eigenvalue weighted by molar-refractivity contribution is -0.145. The van der Waals surface area contributed by atoms with E-state index in [1.165, 1.54) is 4.90 Å². The van der Waals surface area contributed by atoms with Gasteiger partial charge in [0.1, 0.15) is 22.5 Å². The van der Waals surface area contributed by atoms with Gasteiger partial charge in [0, 0.05) is 24.9 Å². The lowest BCUT2D eigenvalue weighted by Crippen LogP contribution is -2.60. The van der Waals surface area contributed by atoms with Crippen molar-refractivity contribution in [2.24, 2.45) is 17.3 Å². The minimum Gasteiger partial charge on any atom is -0.446 e. The molecular formula is C30H44Cl2N4O6. The Kier molecular flexibility index (Phi) is 11.5. The summed E-state index contributed by atoms with van der Waals surface area (Å²) in [6.07, 6.45) is 7.95. The van der Waals surface area contributed by atoms with Crippen LogP contribution in [0.15, 0.2) is 25.3 Å². The fourth-order valence-electron chi connectivity index (χ4n) is 5.78. The van der Waals surface area contributed by atoms with E-state index in [1.807, 2.05) is 20.8 Å². The van der Waals surface area contributed by atoms with Gasteiger partial charge in [0.05, 0.1) is 6.04 Å². The van der Waals surface area contributed by atoms with Crippen LogP contribution in [-0.2, 0) is 23.9 Å². The molecule has 42 heavy (non-hydrogen) atoms. The molecule has 3 fully saturated rings. The maximum absolute atomic E-state index is 14.0. The molecule has 0 aromatic rings. The summed E-state index contributed by atoms with van der Waals surface area (Å²) >= 11 is 13.0. The van der Waals surface area contributed by atoms with E-state index in [9.17, 15) is 24.0 Å². The summed E-state index contributed by atoms with van der Waals surface area (Å²) in [5.74, 6) is -3.68. The first-order valence-corrected chi connectivity index (χ1v) is 15.5. The van der Waals surface area contributed by atoms with Gasteiger partial charge in [0.15, 0.2) is 0 Å². The summed E-state index contributed by atoms with van der Waals surface area (Å²) in [5.41, 5.74) is -0.721. The number of hydrogen-bond acceptors (Lipinski definition) is 6. The number of ketones is 1. The zero-order valence-electron chi connectivity index (χ0n) is 24.8. The van der Waals surface area contributed by atoms with Crippen LogP contribution >= 0.6 is 23.2 Å². The van der Waals surface area contributed by atoms with E-state index >= 15 is 0 Å². The summed E-state index contributed by atoms with van der Waals surface area (Å²) in [6, 6.07) is -3.24. The van der Waals surface area contributed by atoms with Gasteiger partial charge in [-0.25, -0.2) is 4.79 Å². The molecule has 4 unspecified atom stereocenters. The number of piperidine rings is 1. The number of likely N-dealkylation sites (tertiary alicyclic amines) is 1. The number of Topliss-reactive ketones (excluding diaryl/α,β-unsaturated/α-hetero) is 1. The van der Waals surface area contributed by atoms with Crippen LogP contribution in [0.4, 0.5) is 4.79 Å². The lowest BCUT2D eigenvalue weighted by Gasteiger charge is -2.37. The zero-order chi connectivity index (χ0) is 31.2. The highest BCUT2D eigenvalue weighted by atomic mass is 35.5. The molecule has 1 saturated heterocycles. The number of ether oxygens (including phenoxy) is 1. The molecule has 0 radical (unpaired) electrons. The number of carbonyl (C=O) groups excluding carboxylic acids is 5. The topological polar surface area (TPSA) is 134 Å². The summed E-state index contributed by atoms with van der Waals surface area (Å²) in [5, 5.41) is 7.94. The highest BCUT2D eigenvalue weighted by molar-refractivity contribution is 6.51. The number of carbonyl (C=O) groups is 5. The van der Waals surface area contributed by atoms with Crippen LogP contribution in [0.1, 0.15) is 72.1 Å². The van der Waals surface area contributed by atoms with Crippen molar-refractivity contribution in [2.75, 3.05) is 13.1 Å². The van der Waals surface area contributed by atoms with Gasteiger partial charge in [-0.15, -0.1) is 36.4 Å². The number of halogens is 2. The molecular weight excluding hydrogens is 583 g/mol. The molecule has 5 atom stereocenters. The Morgan fingerprint density at radius 3 is 2.26 bits per heavy atom. The Hall–Kier alpha value is -2.59. The van der Waals surface area contributed by atoms with Gasteiger partial charge in [0.2, 0.25) is 17.6 Å². The van der Waals surface area contributed by atoms with Crippen LogP contribution in [0.3, 0.4) is 0 Å². The number of nitrogens with zero attached hydrogens (tertiary/aromatic N) is 1. The second-order valence-electron chi connectivity index (χ2n) is 12.5. The number of alkyl halides is 2. The number of rotatable bonds is 13. The highest BCUT2D eigenvalue weighted by Crippen LogP contribution is 2.65. The Morgan fingerprint density at radius 2 is 1.67 bits per heavy atom. The van der Waals surface area contributed by atoms with Crippen LogP contribution in [0.25, 0.3) is 0 Å². The molecule has 0 aromatic heterocycles. The molecule has 2 saturated carbocycles. The standard InChI is InChI=1S/C30H44Cl2N4O6/c1-6-8-15-20(23(37)26(39)33-16-9-7-2)34-25(38)22-21-19(30(21,31)32)17-36(22)27(40)24(29(3,4)5)35-28(41)42-18-13-11-10-12-14-18/h6-7,18-22,24H,1-2,8-17H2,3-5H3,(H,33,39)(H,34,38)(H,35,41)/t19?,20?,21?,22-,24?/m0/s1. The van der Waals surface area contributed by atoms with Gasteiger partial charge >= 0.3 is 6.09 Å². The quantitative estimate of drug-likeness (QED) is 0.123. The maximum atomic E-state index is 14.0. The third-order valence-electron chi connectivity index (χ3n) is 8.24. The summed E-state index contributed by atoms with van der Waals surface area (Å²) in [4.78, 5) is 67.4. The predicted octanol–water partition coefficient (Wildman–Crippen LogP) is 3.80. The van der Waals surface area contributed by atoms with Crippen molar-refractivity contribution in [1.29, 1.82) is 0 Å². The summed E-state index contributed by atoms with van der Waals surface area (Å²) < 4.78 is 4.39. The third kappa shape index (κ3) is 8.07. The van der Waals surface area contributed by atoms with Crippen molar-refractivity contribution in [1.82, 2.24) is 20.9 Å². The number of fused-ring (bicyclic) bond motifs is 1. The minimum atomic E-state index is -1.22. The number of allylic oxidation sites excluding steroid dienone is 1. The number of alkyl carbamates (subject to hydrolysis) is 1. The van der Waals surface area contributed by atoms with Gasteiger partial charge in [-0.05, 0) is 50.4 Å². The predicted molar refractivity (Wildman–Crippen MR) is 161 cm³/mol. The van der Waals surface area contributed by atoms with E-state index in [4.69, 9.17) is 27.9 Å². The van der Waals surface area contributed by atoms with Crippen LogP contribution in [0.2, 0.25) is 0 Å². The summed E-state index contributed by atoms with van der Waals surface area (Å²) in [7, 11) is 0. The molecule has 2 aliphatic carbocycles. The van der Waals surface area contributed by atoms with Crippen molar-refractivity contribution in [3.8, 4) is 0 Å². The first-order chi connectivity index (χ1) is 19.7. The molecule has 3 N–H and O–H groups in total. The van der Waals surface area contributed by atoms with E-state index in [2.05, 4.69) is 29.1 Å². The van der Waals surface area contributed by atoms with Crippen LogP contribution < -0.4 is 16.0 Å². The van der Waals surface area contributed by atoms with E-state index < -0.39 is 63.4 Å². The Morgan fingerprint density at radius 1 is 1.02 bits per heavy atom. The van der Waals surface area contributed by atoms with Crippen LogP contribution in [-0.4, -0.2) is 76.2 Å². The SMILES string of the molecule is C=CCCNC(=O)C(=O)C(CCC=C)NC(=O)[C@@H]1C2C(CN1C(=O)C(NC(=O)OC1CCCCC1)C(C)(C)C)C2(Cl)Cl. The monoisotopic (exact) mass is 626 g/mol. The van der Waals surface area contributed by atoms with Gasteiger partial charge in [0.25, 0.3) is 5.91 Å². The van der Waals surface area contributed by atoms with Crippen molar-refractivity contribution >= 4 is 52.8 Å². The van der Waals surface area contributed by atoms with Gasteiger partial charge in [-0.3, -0.25) is 19.2 Å². The Labute approximate surface area is 258 Å². The second-order valence-corrected chi connectivity index (χ2v) is 13.9. The molecule has 234 valence electrons. The van der Waals surface area contributed by atoms with Gasteiger partial charge in [-0.2, -0.15) is 0 Å². The van der Waals surface area contributed by atoms with Crippen LogP contribution in [0.5, 0.6) is 0 Å². The molecule has 0 aromatic carbocycles. The lowest BCUT2D eigenvalue weighted by atomic mass is 9.85. The van der Waals surface area contributed by atoms with E-state index in [-0.39, 0.29) is 31.5 Å². The van der Waals surface area contributed by atoms with Crippen molar-refractivity contribution in [2.45, 2.75) is 101 Å². The first-order valence-electron chi connectivity index (χ1n) is 14.7. The molecule has 0 spiro atoms. The first kappa shape index (κ1) is 33.9. The van der Waals surface area contributed by atoms with E-state index in [1.54, 1.807) is 12.2 Å². The molecule has 4 amide bonds. The van der Waals surface area contributed by atoms with Gasteiger partial charge < -0.3 is 25.6 Å². The van der Waals surface area contributed by atoms with E-state index in [0.717, 1.165) is 32.1 Å². The molecule has 3 aliphatic rings. The number of hydrogen-bond donors (Lipinski definition) is 3. The van der Waals surface area contributed by atoms with Gasteiger partial charge in [-0.1, -0.05) is 39.3 Å². The fraction of sp³-hybridized carbons (Fsp3) is 0.700.